The van der Waals surface area contributed by atoms with E-state index in [2.05, 4.69) is 5.32 Å². The second kappa shape index (κ2) is 7.28. The number of benzene rings is 1. The highest BCUT2D eigenvalue weighted by Gasteiger charge is 2.06. The first-order valence-corrected chi connectivity index (χ1v) is 6.94. The van der Waals surface area contributed by atoms with Crippen LogP contribution >= 0.6 is 23.4 Å². The van der Waals surface area contributed by atoms with E-state index < -0.39 is 0 Å². The van der Waals surface area contributed by atoms with E-state index >= 15 is 0 Å². The van der Waals surface area contributed by atoms with Gasteiger partial charge in [-0.3, -0.25) is 9.59 Å². The van der Waals surface area contributed by atoms with E-state index in [0.717, 1.165) is 5.56 Å². The summed E-state index contributed by atoms with van der Waals surface area (Å²) in [7, 11) is 0. The average molecular weight is 287 g/mol. The zero-order valence-corrected chi connectivity index (χ0v) is 11.6. The lowest BCUT2D eigenvalue weighted by Crippen LogP contribution is -2.16. The van der Waals surface area contributed by atoms with Crippen molar-refractivity contribution >= 4 is 40.9 Å². The lowest BCUT2D eigenvalue weighted by Gasteiger charge is -2.08. The smallest absolute Gasteiger partial charge is 0.227 e. The van der Waals surface area contributed by atoms with Gasteiger partial charge in [0.05, 0.1) is 5.75 Å². The highest BCUT2D eigenvalue weighted by molar-refractivity contribution is 7.99. The molecule has 0 saturated carbocycles. The van der Waals surface area contributed by atoms with Crippen molar-refractivity contribution in [1.29, 1.82) is 0 Å². The fourth-order valence-electron chi connectivity index (χ4n) is 1.28. The van der Waals surface area contributed by atoms with Gasteiger partial charge in [-0.05, 0) is 24.6 Å². The van der Waals surface area contributed by atoms with Gasteiger partial charge in [0.1, 0.15) is 0 Å². The van der Waals surface area contributed by atoms with Crippen LogP contribution in [0.15, 0.2) is 18.2 Å². The number of rotatable bonds is 6. The van der Waals surface area contributed by atoms with Gasteiger partial charge in [-0.25, -0.2) is 0 Å². The van der Waals surface area contributed by atoms with Crippen molar-refractivity contribution in [1.82, 2.24) is 0 Å². The highest BCUT2D eigenvalue weighted by Crippen LogP contribution is 2.20. The third kappa shape index (κ3) is 5.42. The molecule has 0 saturated heterocycles. The summed E-state index contributed by atoms with van der Waals surface area (Å²) in [5.41, 5.74) is 6.67. The Bertz CT molecular complexity index is 452. The molecule has 0 atom stereocenters. The Morgan fingerprint density at radius 3 is 2.83 bits per heavy atom. The van der Waals surface area contributed by atoms with Crippen molar-refractivity contribution in [3.05, 3.63) is 28.8 Å². The molecule has 98 valence electrons. The molecule has 0 fully saturated rings. The van der Waals surface area contributed by atoms with Gasteiger partial charge in [0.2, 0.25) is 11.8 Å². The van der Waals surface area contributed by atoms with Gasteiger partial charge >= 0.3 is 0 Å². The number of thioether (sulfide) groups is 1. The molecular weight excluding hydrogens is 272 g/mol. The minimum Gasteiger partial charge on any atom is -0.369 e. The van der Waals surface area contributed by atoms with Crippen LogP contribution in [0.3, 0.4) is 0 Å². The first-order chi connectivity index (χ1) is 8.49. The number of aryl methyl sites for hydroxylation is 1. The summed E-state index contributed by atoms with van der Waals surface area (Å²) in [4.78, 5) is 22.1. The van der Waals surface area contributed by atoms with Crippen LogP contribution in [0.1, 0.15) is 12.0 Å². The minimum atomic E-state index is -0.369. The lowest BCUT2D eigenvalue weighted by molar-refractivity contribution is -0.116. The Morgan fingerprint density at radius 1 is 1.44 bits per heavy atom. The lowest BCUT2D eigenvalue weighted by atomic mass is 10.2. The predicted octanol–water partition coefficient (Wildman–Crippen LogP) is 2.20. The van der Waals surface area contributed by atoms with Crippen LogP contribution in [-0.4, -0.2) is 23.3 Å². The molecule has 0 aliphatic rings. The van der Waals surface area contributed by atoms with E-state index in [1.54, 1.807) is 12.1 Å². The third-order valence-electron chi connectivity index (χ3n) is 2.19. The van der Waals surface area contributed by atoms with Crippen molar-refractivity contribution in [3.63, 3.8) is 0 Å². The molecule has 2 amide bonds. The summed E-state index contributed by atoms with van der Waals surface area (Å²) < 4.78 is 0. The second-order valence-electron chi connectivity index (χ2n) is 3.78. The van der Waals surface area contributed by atoms with Gasteiger partial charge in [0.25, 0.3) is 0 Å². The van der Waals surface area contributed by atoms with Gasteiger partial charge in [-0.1, -0.05) is 17.7 Å². The van der Waals surface area contributed by atoms with Crippen molar-refractivity contribution in [3.8, 4) is 0 Å². The Hall–Kier alpha value is -1.20. The van der Waals surface area contributed by atoms with Gasteiger partial charge < -0.3 is 11.1 Å². The monoisotopic (exact) mass is 286 g/mol. The Kier molecular flexibility index (Phi) is 6.01. The largest absolute Gasteiger partial charge is 0.369 e. The molecule has 0 heterocycles. The topological polar surface area (TPSA) is 72.2 Å². The number of carbonyl (C=O) groups excluding carboxylic acids is 2. The summed E-state index contributed by atoms with van der Waals surface area (Å²) in [6.45, 7) is 1.90. The van der Waals surface area contributed by atoms with Crippen molar-refractivity contribution in [2.45, 2.75) is 13.3 Å². The molecule has 3 N–H and O–H groups in total. The Labute approximate surface area is 115 Å². The quantitative estimate of drug-likeness (QED) is 0.788. The molecule has 6 heteroatoms. The predicted molar refractivity (Wildman–Crippen MR) is 76.0 cm³/mol. The number of primary amides is 1. The maximum Gasteiger partial charge on any atom is 0.227 e. The number of hydrogen-bond donors (Lipinski definition) is 2. The molecule has 1 rings (SSSR count). The van der Waals surface area contributed by atoms with E-state index in [1.165, 1.54) is 11.8 Å². The fourth-order valence-corrected chi connectivity index (χ4v) is 2.13. The molecule has 1 aromatic rings. The normalized spacial score (nSPS) is 10.1. The van der Waals surface area contributed by atoms with Gasteiger partial charge in [-0.15, -0.1) is 0 Å². The Morgan fingerprint density at radius 2 is 2.17 bits per heavy atom. The number of halogens is 1. The number of carbonyl (C=O) groups is 2. The SMILES string of the molecule is Cc1ccc(Cl)cc1NC(=O)CCSCC(N)=O. The summed E-state index contributed by atoms with van der Waals surface area (Å²) >= 11 is 7.20. The fraction of sp³-hybridized carbons (Fsp3) is 0.333. The maximum atomic E-state index is 11.6. The second-order valence-corrected chi connectivity index (χ2v) is 5.32. The first-order valence-electron chi connectivity index (χ1n) is 5.41. The number of anilines is 1. The standard InChI is InChI=1S/C12H15ClN2O2S/c1-8-2-3-9(13)6-10(8)15-12(17)4-5-18-7-11(14)16/h2-3,6H,4-5,7H2,1H3,(H2,14,16)(H,15,17). The van der Waals surface area contributed by atoms with Crippen molar-refractivity contribution < 1.29 is 9.59 Å². The Balaban J connectivity index is 2.40. The molecule has 0 bridgehead atoms. The van der Waals surface area contributed by atoms with Crippen LogP contribution in [0.2, 0.25) is 5.02 Å². The zero-order chi connectivity index (χ0) is 13.5. The molecule has 0 spiro atoms. The molecule has 0 aliphatic carbocycles. The number of hydrogen-bond acceptors (Lipinski definition) is 3. The number of amides is 2. The van der Waals surface area contributed by atoms with E-state index in [-0.39, 0.29) is 17.6 Å². The molecule has 18 heavy (non-hydrogen) atoms. The van der Waals surface area contributed by atoms with Crippen LogP contribution in [0.4, 0.5) is 5.69 Å². The molecule has 0 aromatic heterocycles. The molecule has 4 nitrogen and oxygen atoms in total. The summed E-state index contributed by atoms with van der Waals surface area (Å²) in [5, 5.41) is 3.37. The van der Waals surface area contributed by atoms with Crippen LogP contribution in [0, 0.1) is 6.92 Å². The summed E-state index contributed by atoms with van der Waals surface area (Å²) in [6.07, 6.45) is 0.337. The first kappa shape index (κ1) is 14.9. The van der Waals surface area contributed by atoms with Gasteiger partial charge in [0, 0.05) is 22.9 Å². The average Bonchev–Trinajstić information content (AvgIpc) is 2.29. The zero-order valence-electron chi connectivity index (χ0n) is 10.0. The van der Waals surface area contributed by atoms with Crippen LogP contribution < -0.4 is 11.1 Å². The third-order valence-corrected chi connectivity index (χ3v) is 3.41. The molecule has 0 aliphatic heterocycles. The number of nitrogens with two attached hydrogens (primary N) is 1. The van der Waals surface area contributed by atoms with Gasteiger partial charge in [-0.2, -0.15) is 11.8 Å². The van der Waals surface area contributed by atoms with E-state index in [9.17, 15) is 9.59 Å². The minimum absolute atomic E-state index is 0.0997. The van der Waals surface area contributed by atoms with Gasteiger partial charge in [0.15, 0.2) is 0 Å². The van der Waals surface area contributed by atoms with Crippen molar-refractivity contribution in [2.75, 3.05) is 16.8 Å². The van der Waals surface area contributed by atoms with E-state index in [1.807, 2.05) is 13.0 Å². The molecular formula is C12H15ClN2O2S. The molecule has 0 unspecified atom stereocenters. The van der Waals surface area contributed by atoms with Crippen LogP contribution in [0.5, 0.6) is 0 Å². The summed E-state index contributed by atoms with van der Waals surface area (Å²) in [6, 6.07) is 5.33. The highest BCUT2D eigenvalue weighted by atomic mass is 35.5. The molecule has 0 radical (unpaired) electrons. The van der Waals surface area contributed by atoms with Crippen molar-refractivity contribution in [2.24, 2.45) is 5.73 Å². The van der Waals surface area contributed by atoms with E-state index in [0.29, 0.717) is 22.9 Å². The van der Waals surface area contributed by atoms with E-state index in [4.69, 9.17) is 17.3 Å². The number of nitrogens with one attached hydrogen (secondary N) is 1. The summed E-state index contributed by atoms with van der Waals surface area (Å²) in [5.74, 6) is 0.334. The molecule has 1 aromatic carbocycles. The van der Waals surface area contributed by atoms with Crippen LogP contribution in [0.25, 0.3) is 0 Å². The van der Waals surface area contributed by atoms with Crippen LogP contribution in [-0.2, 0) is 9.59 Å². The maximum absolute atomic E-state index is 11.6.